The molecule has 0 unspecified atom stereocenters. The number of carbonyl (C=O) groups is 2. The Labute approximate surface area is 124 Å². The number of nitrogens with two attached hydrogens (primary N) is 2. The van der Waals surface area contributed by atoms with Crippen molar-refractivity contribution in [1.29, 1.82) is 0 Å². The number of primary amides is 1. The van der Waals surface area contributed by atoms with Gasteiger partial charge in [-0.15, -0.1) is 0 Å². The minimum absolute atomic E-state index is 0.144. The smallest absolute Gasteiger partial charge is 0.237 e. The van der Waals surface area contributed by atoms with Crippen molar-refractivity contribution in [1.82, 2.24) is 4.90 Å². The molecule has 0 aliphatic carbocycles. The molecule has 8 heteroatoms. The summed E-state index contributed by atoms with van der Waals surface area (Å²) < 4.78 is 5.26. The molecule has 0 aromatic carbocycles. The molecule has 0 bridgehead atoms. The van der Waals surface area contributed by atoms with Crippen molar-refractivity contribution in [3.05, 3.63) is 0 Å². The van der Waals surface area contributed by atoms with E-state index in [1.54, 1.807) is 0 Å². The quantitative estimate of drug-likeness (QED) is 0.263. The fourth-order valence-corrected chi connectivity index (χ4v) is 2.55. The molecule has 1 aliphatic heterocycles. The van der Waals surface area contributed by atoms with Crippen molar-refractivity contribution in [2.24, 2.45) is 28.0 Å². The highest BCUT2D eigenvalue weighted by Crippen LogP contribution is 2.33. The van der Waals surface area contributed by atoms with Gasteiger partial charge in [-0.25, -0.2) is 0 Å². The van der Waals surface area contributed by atoms with Gasteiger partial charge in [-0.1, -0.05) is 19.0 Å². The van der Waals surface area contributed by atoms with Gasteiger partial charge in [-0.05, 0) is 18.8 Å². The van der Waals surface area contributed by atoms with Crippen LogP contribution in [-0.2, 0) is 14.3 Å². The molecule has 1 heterocycles. The van der Waals surface area contributed by atoms with E-state index in [-0.39, 0.29) is 24.2 Å². The Kier molecular flexibility index (Phi) is 5.95. The van der Waals surface area contributed by atoms with Gasteiger partial charge in [0.2, 0.25) is 11.8 Å². The summed E-state index contributed by atoms with van der Waals surface area (Å²) in [6, 6.07) is 0. The van der Waals surface area contributed by atoms with E-state index < -0.39 is 11.3 Å². The van der Waals surface area contributed by atoms with Gasteiger partial charge in [0.25, 0.3) is 0 Å². The summed E-state index contributed by atoms with van der Waals surface area (Å²) in [5, 5.41) is 12.0. The Bertz CT molecular complexity index is 416. The van der Waals surface area contributed by atoms with E-state index in [1.807, 2.05) is 13.8 Å². The highest BCUT2D eigenvalue weighted by atomic mass is 16.5. The molecular formula is C13H24N4O4. The Morgan fingerprint density at radius 2 is 1.90 bits per heavy atom. The third-order valence-corrected chi connectivity index (χ3v) is 3.57. The maximum atomic E-state index is 12.9. The first kappa shape index (κ1) is 17.2. The maximum Gasteiger partial charge on any atom is 0.237 e. The molecule has 0 atom stereocenters. The lowest BCUT2D eigenvalue weighted by atomic mass is 9.77. The summed E-state index contributed by atoms with van der Waals surface area (Å²) in [7, 11) is 0. The first-order valence-corrected chi connectivity index (χ1v) is 6.97. The van der Waals surface area contributed by atoms with Gasteiger partial charge in [0.1, 0.15) is 5.41 Å². The van der Waals surface area contributed by atoms with Crippen molar-refractivity contribution in [3.8, 4) is 0 Å². The second-order valence-corrected chi connectivity index (χ2v) is 5.73. The number of oxime groups is 1. The molecule has 2 amide bonds. The van der Waals surface area contributed by atoms with E-state index in [1.165, 1.54) is 4.90 Å². The van der Waals surface area contributed by atoms with Crippen molar-refractivity contribution < 1.29 is 19.5 Å². The third-order valence-electron chi connectivity index (χ3n) is 3.57. The minimum atomic E-state index is -1.13. The van der Waals surface area contributed by atoms with Gasteiger partial charge in [-0.2, -0.15) is 0 Å². The van der Waals surface area contributed by atoms with Crippen LogP contribution in [0.5, 0.6) is 0 Å². The number of amidine groups is 1. The largest absolute Gasteiger partial charge is 0.409 e. The molecule has 8 nitrogen and oxygen atoms in total. The summed E-state index contributed by atoms with van der Waals surface area (Å²) in [6.07, 6.45) is 0.629. The average molecular weight is 300 g/mol. The molecule has 0 aromatic heterocycles. The fourth-order valence-electron chi connectivity index (χ4n) is 2.55. The van der Waals surface area contributed by atoms with Gasteiger partial charge in [0.15, 0.2) is 5.84 Å². The molecular weight excluding hydrogens is 276 g/mol. The first-order valence-electron chi connectivity index (χ1n) is 6.97. The van der Waals surface area contributed by atoms with Crippen LogP contribution >= 0.6 is 0 Å². The summed E-state index contributed by atoms with van der Waals surface area (Å²) >= 11 is 0. The number of hydrogen-bond donors (Lipinski definition) is 3. The Balaban J connectivity index is 3.08. The molecule has 0 spiro atoms. The summed E-state index contributed by atoms with van der Waals surface area (Å²) in [4.78, 5) is 25.5. The molecule has 1 fully saturated rings. The maximum absolute atomic E-state index is 12.9. The number of carbonyl (C=O) groups excluding carboxylic acids is 2. The third kappa shape index (κ3) is 4.07. The van der Waals surface area contributed by atoms with Gasteiger partial charge >= 0.3 is 0 Å². The van der Waals surface area contributed by atoms with Crippen molar-refractivity contribution in [2.45, 2.75) is 26.7 Å². The molecule has 21 heavy (non-hydrogen) atoms. The minimum Gasteiger partial charge on any atom is -0.409 e. The standard InChI is InChI=1S/C13H24N4O4/c1-9(2)7-17(8-10(14)18)12(19)13(11(15)16-20)3-5-21-6-4-13/h9,20H,3-8H2,1-2H3,(H2,14,18)(H2,15,16). The average Bonchev–Trinajstić information content (AvgIpc) is 2.44. The molecule has 5 N–H and O–H groups in total. The number of rotatable bonds is 6. The monoisotopic (exact) mass is 300 g/mol. The SMILES string of the molecule is CC(C)CN(CC(N)=O)C(=O)C1(C(N)=NO)CCOCC1. The highest BCUT2D eigenvalue weighted by molar-refractivity contribution is 6.07. The summed E-state index contributed by atoms with van der Waals surface area (Å²) in [5.74, 6) is -0.911. The molecule has 120 valence electrons. The number of ether oxygens (including phenoxy) is 1. The van der Waals surface area contributed by atoms with Crippen molar-refractivity contribution in [3.63, 3.8) is 0 Å². The van der Waals surface area contributed by atoms with Crippen LogP contribution in [0.4, 0.5) is 0 Å². The molecule has 1 saturated heterocycles. The normalized spacial score (nSPS) is 18.5. The lowest BCUT2D eigenvalue weighted by Gasteiger charge is -2.38. The molecule has 1 aliphatic rings. The van der Waals surface area contributed by atoms with E-state index in [0.717, 1.165) is 0 Å². The summed E-state index contributed by atoms with van der Waals surface area (Å²) in [5.41, 5.74) is 9.86. The second-order valence-electron chi connectivity index (χ2n) is 5.73. The van der Waals surface area contributed by atoms with E-state index in [9.17, 15) is 9.59 Å². The predicted molar refractivity (Wildman–Crippen MR) is 76.5 cm³/mol. The number of amides is 2. The van der Waals surface area contributed by atoms with Crippen LogP contribution in [0.15, 0.2) is 5.16 Å². The number of nitrogens with zero attached hydrogens (tertiary/aromatic N) is 2. The van der Waals surface area contributed by atoms with Crippen LogP contribution in [0.2, 0.25) is 0 Å². The molecule has 1 rings (SSSR count). The van der Waals surface area contributed by atoms with Gasteiger partial charge < -0.3 is 26.3 Å². The lowest BCUT2D eigenvalue weighted by Crippen LogP contribution is -2.56. The molecule has 0 saturated carbocycles. The Morgan fingerprint density at radius 3 is 2.33 bits per heavy atom. The Hall–Kier alpha value is -1.83. The van der Waals surface area contributed by atoms with Gasteiger partial charge in [0, 0.05) is 19.8 Å². The van der Waals surface area contributed by atoms with E-state index in [0.29, 0.717) is 32.6 Å². The zero-order valence-corrected chi connectivity index (χ0v) is 12.5. The van der Waals surface area contributed by atoms with Crippen molar-refractivity contribution in [2.75, 3.05) is 26.3 Å². The predicted octanol–water partition coefficient (Wildman–Crippen LogP) is -0.500. The van der Waals surface area contributed by atoms with Crippen LogP contribution < -0.4 is 11.5 Å². The first-order chi connectivity index (χ1) is 9.83. The fraction of sp³-hybridized carbons (Fsp3) is 0.769. The highest BCUT2D eigenvalue weighted by Gasteiger charge is 2.46. The van der Waals surface area contributed by atoms with Gasteiger partial charge in [-0.3, -0.25) is 9.59 Å². The van der Waals surface area contributed by atoms with Gasteiger partial charge in [0.05, 0.1) is 6.54 Å². The second kappa shape index (κ2) is 7.26. The molecule has 0 radical (unpaired) electrons. The van der Waals surface area contributed by atoms with E-state index in [4.69, 9.17) is 21.4 Å². The topological polar surface area (TPSA) is 131 Å². The zero-order valence-electron chi connectivity index (χ0n) is 12.5. The lowest BCUT2D eigenvalue weighted by molar-refractivity contribution is -0.145. The van der Waals surface area contributed by atoms with Crippen LogP contribution in [-0.4, -0.2) is 54.1 Å². The van der Waals surface area contributed by atoms with Crippen LogP contribution in [0, 0.1) is 11.3 Å². The van der Waals surface area contributed by atoms with Crippen LogP contribution in [0.1, 0.15) is 26.7 Å². The van der Waals surface area contributed by atoms with E-state index in [2.05, 4.69) is 5.16 Å². The van der Waals surface area contributed by atoms with Crippen LogP contribution in [0.3, 0.4) is 0 Å². The van der Waals surface area contributed by atoms with Crippen LogP contribution in [0.25, 0.3) is 0 Å². The number of hydrogen-bond acceptors (Lipinski definition) is 5. The van der Waals surface area contributed by atoms with E-state index >= 15 is 0 Å². The molecule has 0 aromatic rings. The summed E-state index contributed by atoms with van der Waals surface area (Å²) in [6.45, 7) is 4.74. The van der Waals surface area contributed by atoms with Crippen molar-refractivity contribution >= 4 is 17.6 Å². The zero-order chi connectivity index (χ0) is 16.0. The Morgan fingerprint density at radius 1 is 1.33 bits per heavy atom.